The largest absolute Gasteiger partial charge is 0.497 e. The number of benzene rings is 2. The molecule has 138 valence electrons. The molecular formula is C21H25NO4. The maximum absolute atomic E-state index is 12.4. The van der Waals surface area contributed by atoms with E-state index in [0.29, 0.717) is 0 Å². The molecule has 3 rings (SSSR count). The van der Waals surface area contributed by atoms with Crippen molar-refractivity contribution in [3.05, 3.63) is 42.0 Å². The van der Waals surface area contributed by atoms with Gasteiger partial charge in [-0.25, -0.2) is 0 Å². The Morgan fingerprint density at radius 2 is 1.73 bits per heavy atom. The average molecular weight is 355 g/mol. The molecule has 1 amide bonds. The fraction of sp³-hybridized carbons (Fsp3) is 0.429. The Hall–Kier alpha value is -2.56. The molecule has 0 bridgehead atoms. The van der Waals surface area contributed by atoms with E-state index in [4.69, 9.17) is 9.47 Å². The quantitative estimate of drug-likeness (QED) is 0.770. The first-order valence-electron chi connectivity index (χ1n) is 9.10. The van der Waals surface area contributed by atoms with Crippen LogP contribution in [0.3, 0.4) is 0 Å². The summed E-state index contributed by atoms with van der Waals surface area (Å²) in [6.45, 7) is 3.16. The second kappa shape index (κ2) is 8.21. The number of amides is 1. The Kier molecular flexibility index (Phi) is 5.76. The molecule has 26 heavy (non-hydrogen) atoms. The van der Waals surface area contributed by atoms with Crippen LogP contribution in [-0.2, 0) is 14.3 Å². The maximum atomic E-state index is 12.4. The van der Waals surface area contributed by atoms with Gasteiger partial charge >= 0.3 is 5.97 Å². The van der Waals surface area contributed by atoms with Gasteiger partial charge in [-0.1, -0.05) is 24.3 Å². The molecule has 5 nitrogen and oxygen atoms in total. The summed E-state index contributed by atoms with van der Waals surface area (Å²) in [5, 5.41) is 2.08. The van der Waals surface area contributed by atoms with Gasteiger partial charge in [-0.05, 0) is 54.7 Å². The van der Waals surface area contributed by atoms with Gasteiger partial charge in [0.1, 0.15) is 5.75 Å². The predicted octanol–water partition coefficient (Wildman–Crippen LogP) is 3.51. The fourth-order valence-electron chi connectivity index (χ4n) is 3.27. The average Bonchev–Trinajstić information content (AvgIpc) is 2.70. The van der Waals surface area contributed by atoms with Crippen molar-refractivity contribution in [1.82, 2.24) is 4.90 Å². The molecule has 0 radical (unpaired) electrons. The number of hydrogen-bond acceptors (Lipinski definition) is 4. The third-order valence-corrected chi connectivity index (χ3v) is 4.97. The molecule has 1 aliphatic heterocycles. The van der Waals surface area contributed by atoms with Gasteiger partial charge < -0.3 is 14.4 Å². The fourth-order valence-corrected chi connectivity index (χ4v) is 3.27. The molecule has 1 aliphatic rings. The number of ether oxygens (including phenoxy) is 2. The van der Waals surface area contributed by atoms with E-state index in [1.807, 2.05) is 36.4 Å². The molecule has 0 N–H and O–H groups in total. The van der Waals surface area contributed by atoms with E-state index in [0.717, 1.165) is 54.4 Å². The lowest BCUT2D eigenvalue weighted by Gasteiger charge is -2.26. The van der Waals surface area contributed by atoms with E-state index >= 15 is 0 Å². The number of esters is 1. The number of likely N-dealkylation sites (tertiary alicyclic amines) is 1. The zero-order chi connectivity index (χ0) is 18.5. The van der Waals surface area contributed by atoms with Crippen molar-refractivity contribution in [3.8, 4) is 5.75 Å². The van der Waals surface area contributed by atoms with Crippen LogP contribution in [0.5, 0.6) is 5.75 Å². The Balaban J connectivity index is 1.62. The normalized spacial score (nSPS) is 15.5. The number of carbonyl (C=O) groups is 2. The Labute approximate surface area is 153 Å². The van der Waals surface area contributed by atoms with Gasteiger partial charge in [-0.3, -0.25) is 9.59 Å². The number of carbonyl (C=O) groups excluding carboxylic acids is 2. The van der Waals surface area contributed by atoms with Crippen LogP contribution >= 0.6 is 0 Å². The van der Waals surface area contributed by atoms with E-state index in [2.05, 4.69) is 0 Å². The third kappa shape index (κ3) is 4.15. The van der Waals surface area contributed by atoms with Crippen molar-refractivity contribution in [2.75, 3.05) is 26.8 Å². The zero-order valence-corrected chi connectivity index (χ0v) is 15.4. The van der Waals surface area contributed by atoms with Gasteiger partial charge in [0, 0.05) is 13.1 Å². The Bertz CT molecular complexity index is 796. The highest BCUT2D eigenvalue weighted by Gasteiger charge is 2.21. The molecule has 0 spiro atoms. The molecule has 0 unspecified atom stereocenters. The molecule has 1 saturated heterocycles. The monoisotopic (exact) mass is 355 g/mol. The molecule has 1 atom stereocenters. The minimum Gasteiger partial charge on any atom is -0.497 e. The molecule has 1 fully saturated rings. The topological polar surface area (TPSA) is 55.8 Å². The van der Waals surface area contributed by atoms with Crippen molar-refractivity contribution in [1.29, 1.82) is 0 Å². The van der Waals surface area contributed by atoms with Gasteiger partial charge in [0.05, 0.1) is 13.0 Å². The first-order valence-corrected chi connectivity index (χ1v) is 9.10. The summed E-state index contributed by atoms with van der Waals surface area (Å²) in [6, 6.07) is 11.7. The molecule has 2 aromatic carbocycles. The lowest BCUT2D eigenvalue weighted by molar-refractivity contribution is -0.153. The zero-order valence-electron chi connectivity index (χ0n) is 15.4. The highest BCUT2D eigenvalue weighted by molar-refractivity contribution is 5.87. The van der Waals surface area contributed by atoms with Crippen molar-refractivity contribution in [3.63, 3.8) is 0 Å². The summed E-state index contributed by atoms with van der Waals surface area (Å²) in [7, 11) is 1.64. The predicted molar refractivity (Wildman–Crippen MR) is 100 cm³/mol. The van der Waals surface area contributed by atoms with Crippen molar-refractivity contribution in [2.45, 2.75) is 32.1 Å². The van der Waals surface area contributed by atoms with Crippen LogP contribution in [0.4, 0.5) is 0 Å². The number of fused-ring (bicyclic) bond motifs is 1. The van der Waals surface area contributed by atoms with Crippen LogP contribution < -0.4 is 4.74 Å². The van der Waals surface area contributed by atoms with Gasteiger partial charge in [-0.15, -0.1) is 0 Å². The first kappa shape index (κ1) is 18.2. The minimum absolute atomic E-state index is 0.101. The lowest BCUT2D eigenvalue weighted by Crippen LogP contribution is -2.38. The van der Waals surface area contributed by atoms with Crippen LogP contribution in [0.25, 0.3) is 10.8 Å². The number of piperidine rings is 1. The molecule has 2 aromatic rings. The Morgan fingerprint density at radius 1 is 1.04 bits per heavy atom. The molecule has 0 saturated carbocycles. The summed E-state index contributed by atoms with van der Waals surface area (Å²) < 4.78 is 10.5. The highest BCUT2D eigenvalue weighted by atomic mass is 16.5. The van der Waals surface area contributed by atoms with Crippen molar-refractivity contribution < 1.29 is 19.1 Å². The number of rotatable bonds is 5. The third-order valence-electron chi connectivity index (χ3n) is 4.97. The summed E-state index contributed by atoms with van der Waals surface area (Å²) in [5.41, 5.74) is 0.873. The van der Waals surface area contributed by atoms with Gasteiger partial charge in [-0.2, -0.15) is 0 Å². The maximum Gasteiger partial charge on any atom is 0.313 e. The standard InChI is InChI=1S/C21H25NO4/c1-15(21(24)26-14-20(23)22-10-4-3-5-11-22)16-6-7-18-13-19(25-2)9-8-17(18)12-16/h6-9,12-13,15H,3-5,10-11,14H2,1-2H3/t15-/m0/s1. The van der Waals surface area contributed by atoms with E-state index in [9.17, 15) is 9.59 Å². The SMILES string of the molecule is COc1ccc2cc([C@H](C)C(=O)OCC(=O)N3CCCCC3)ccc2c1. The van der Waals surface area contributed by atoms with Gasteiger partial charge in [0.25, 0.3) is 5.91 Å². The smallest absolute Gasteiger partial charge is 0.313 e. The van der Waals surface area contributed by atoms with Crippen molar-refractivity contribution >= 4 is 22.6 Å². The Morgan fingerprint density at radius 3 is 2.46 bits per heavy atom. The highest BCUT2D eigenvalue weighted by Crippen LogP contribution is 2.25. The van der Waals surface area contributed by atoms with Gasteiger partial charge in [0.2, 0.25) is 0 Å². The van der Waals surface area contributed by atoms with E-state index < -0.39 is 5.92 Å². The van der Waals surface area contributed by atoms with Crippen LogP contribution in [0, 0.1) is 0 Å². The summed E-state index contributed by atoms with van der Waals surface area (Å²) >= 11 is 0. The summed E-state index contributed by atoms with van der Waals surface area (Å²) in [5.74, 6) is -0.0938. The first-order chi connectivity index (χ1) is 12.6. The van der Waals surface area contributed by atoms with Crippen LogP contribution in [0.15, 0.2) is 36.4 Å². The van der Waals surface area contributed by atoms with E-state index in [-0.39, 0.29) is 18.5 Å². The number of methoxy groups -OCH3 is 1. The summed E-state index contributed by atoms with van der Waals surface area (Å²) in [6.07, 6.45) is 3.21. The number of hydrogen-bond donors (Lipinski definition) is 0. The van der Waals surface area contributed by atoms with E-state index in [1.165, 1.54) is 0 Å². The molecular weight excluding hydrogens is 330 g/mol. The number of nitrogens with zero attached hydrogens (tertiary/aromatic N) is 1. The molecule has 5 heteroatoms. The second-order valence-electron chi connectivity index (χ2n) is 6.74. The van der Waals surface area contributed by atoms with Crippen LogP contribution in [-0.4, -0.2) is 43.6 Å². The molecule has 1 heterocycles. The lowest BCUT2D eigenvalue weighted by atomic mass is 9.98. The second-order valence-corrected chi connectivity index (χ2v) is 6.74. The minimum atomic E-state index is -0.421. The van der Waals surface area contributed by atoms with Gasteiger partial charge in [0.15, 0.2) is 6.61 Å². The van der Waals surface area contributed by atoms with E-state index in [1.54, 1.807) is 18.9 Å². The van der Waals surface area contributed by atoms with Crippen LogP contribution in [0.2, 0.25) is 0 Å². The summed E-state index contributed by atoms with van der Waals surface area (Å²) in [4.78, 5) is 26.3. The molecule has 0 aromatic heterocycles. The van der Waals surface area contributed by atoms with Crippen molar-refractivity contribution in [2.24, 2.45) is 0 Å². The van der Waals surface area contributed by atoms with Crippen LogP contribution in [0.1, 0.15) is 37.7 Å². The molecule has 0 aliphatic carbocycles.